The zero-order valence-electron chi connectivity index (χ0n) is 12.7. The first-order valence-corrected chi connectivity index (χ1v) is 8.92. The summed E-state index contributed by atoms with van der Waals surface area (Å²) in [5.74, 6) is 1.94. The second-order valence-electron chi connectivity index (χ2n) is 5.48. The van der Waals surface area contributed by atoms with Gasteiger partial charge in [-0.2, -0.15) is 11.8 Å². The Kier molecular flexibility index (Phi) is 9.02. The molecule has 0 heterocycles. The van der Waals surface area contributed by atoms with Crippen molar-refractivity contribution < 1.29 is 0 Å². The maximum Gasteiger partial charge on any atom is 0.0205 e. The Labute approximate surface area is 123 Å². The van der Waals surface area contributed by atoms with Crippen LogP contribution in [-0.2, 0) is 6.54 Å². The third kappa shape index (κ3) is 7.64. The number of unbranched alkanes of at least 4 members (excludes halogenated alkanes) is 3. The van der Waals surface area contributed by atoms with Gasteiger partial charge < -0.3 is 5.32 Å². The summed E-state index contributed by atoms with van der Waals surface area (Å²) in [6.45, 7) is 6.63. The van der Waals surface area contributed by atoms with E-state index in [1.165, 1.54) is 42.6 Å². The van der Waals surface area contributed by atoms with Gasteiger partial charge in [-0.25, -0.2) is 0 Å². The van der Waals surface area contributed by atoms with Crippen molar-refractivity contribution in [1.82, 2.24) is 5.32 Å². The summed E-state index contributed by atoms with van der Waals surface area (Å²) in [5, 5.41) is 3.54. The topological polar surface area (TPSA) is 12.0 Å². The minimum absolute atomic E-state index is 0.628. The number of hydrogen-bond donors (Lipinski definition) is 1. The number of rotatable bonds is 10. The Morgan fingerprint density at radius 3 is 2.32 bits per heavy atom. The van der Waals surface area contributed by atoms with E-state index in [1.54, 1.807) is 0 Å². The second kappa shape index (κ2) is 10.3. The Morgan fingerprint density at radius 2 is 1.68 bits per heavy atom. The fraction of sp³-hybridized carbons (Fsp3) is 0.647. The molecule has 19 heavy (non-hydrogen) atoms. The van der Waals surface area contributed by atoms with E-state index in [-0.39, 0.29) is 0 Å². The molecule has 2 heteroatoms. The molecule has 1 aromatic rings. The maximum absolute atomic E-state index is 3.54. The molecule has 1 aromatic carbocycles. The highest BCUT2D eigenvalue weighted by molar-refractivity contribution is 7.98. The zero-order valence-corrected chi connectivity index (χ0v) is 13.6. The molecule has 0 aliphatic heterocycles. The predicted molar refractivity (Wildman–Crippen MR) is 89.1 cm³/mol. The molecule has 0 atom stereocenters. The number of nitrogens with one attached hydrogen (secondary N) is 1. The Balaban J connectivity index is 2.06. The van der Waals surface area contributed by atoms with E-state index in [2.05, 4.69) is 49.7 Å². The van der Waals surface area contributed by atoms with Crippen LogP contribution in [0.2, 0.25) is 0 Å². The van der Waals surface area contributed by atoms with Crippen LogP contribution >= 0.6 is 11.8 Å². The van der Waals surface area contributed by atoms with Gasteiger partial charge in [0.15, 0.2) is 0 Å². The first kappa shape index (κ1) is 16.6. The van der Waals surface area contributed by atoms with E-state index in [1.807, 2.05) is 11.8 Å². The number of benzene rings is 1. The van der Waals surface area contributed by atoms with Crippen LogP contribution in [0.1, 0.15) is 56.6 Å². The van der Waals surface area contributed by atoms with E-state index >= 15 is 0 Å². The van der Waals surface area contributed by atoms with Crippen LogP contribution in [0, 0.1) is 0 Å². The van der Waals surface area contributed by atoms with Gasteiger partial charge in [-0.15, -0.1) is 0 Å². The Hall–Kier alpha value is -0.470. The van der Waals surface area contributed by atoms with E-state index in [4.69, 9.17) is 0 Å². The Morgan fingerprint density at radius 1 is 1.00 bits per heavy atom. The molecule has 0 spiro atoms. The van der Waals surface area contributed by atoms with E-state index in [0.29, 0.717) is 5.92 Å². The monoisotopic (exact) mass is 279 g/mol. The molecule has 0 amide bonds. The number of thioether (sulfide) groups is 1. The molecule has 0 unspecified atom stereocenters. The molecule has 0 saturated carbocycles. The van der Waals surface area contributed by atoms with Crippen molar-refractivity contribution in [1.29, 1.82) is 0 Å². The van der Waals surface area contributed by atoms with Crippen LogP contribution < -0.4 is 5.32 Å². The van der Waals surface area contributed by atoms with Gasteiger partial charge in [-0.1, -0.05) is 51.0 Å². The molecule has 0 radical (unpaired) electrons. The lowest BCUT2D eigenvalue weighted by Crippen LogP contribution is -2.14. The average molecular weight is 279 g/mol. The SMILES string of the molecule is CSCCCCCCNCc1ccc(C(C)C)cc1. The maximum atomic E-state index is 3.54. The fourth-order valence-electron chi connectivity index (χ4n) is 2.10. The molecule has 1 rings (SSSR count). The van der Waals surface area contributed by atoms with Gasteiger partial charge in [-0.05, 0) is 48.4 Å². The minimum Gasteiger partial charge on any atom is -0.313 e. The lowest BCUT2D eigenvalue weighted by molar-refractivity contribution is 0.599. The average Bonchev–Trinajstić information content (AvgIpc) is 2.42. The van der Waals surface area contributed by atoms with Crippen molar-refractivity contribution in [2.75, 3.05) is 18.6 Å². The molecule has 1 nitrogen and oxygen atoms in total. The largest absolute Gasteiger partial charge is 0.313 e. The molecule has 0 bridgehead atoms. The highest BCUT2D eigenvalue weighted by Crippen LogP contribution is 2.14. The molecular weight excluding hydrogens is 250 g/mol. The van der Waals surface area contributed by atoms with Crippen LogP contribution in [0.15, 0.2) is 24.3 Å². The van der Waals surface area contributed by atoms with Gasteiger partial charge in [0.1, 0.15) is 0 Å². The minimum atomic E-state index is 0.628. The van der Waals surface area contributed by atoms with Crippen LogP contribution in [0.25, 0.3) is 0 Å². The second-order valence-corrected chi connectivity index (χ2v) is 6.47. The molecule has 0 fully saturated rings. The third-order valence-corrected chi connectivity index (χ3v) is 4.12. The van der Waals surface area contributed by atoms with Gasteiger partial charge in [0.25, 0.3) is 0 Å². The van der Waals surface area contributed by atoms with Gasteiger partial charge in [0, 0.05) is 6.54 Å². The molecule has 0 saturated heterocycles. The Bertz CT molecular complexity index is 319. The third-order valence-electron chi connectivity index (χ3n) is 3.43. The van der Waals surface area contributed by atoms with Crippen molar-refractivity contribution in [3.8, 4) is 0 Å². The van der Waals surface area contributed by atoms with Crippen molar-refractivity contribution in [2.24, 2.45) is 0 Å². The van der Waals surface area contributed by atoms with Crippen LogP contribution in [0.5, 0.6) is 0 Å². The summed E-state index contributed by atoms with van der Waals surface area (Å²) >= 11 is 1.95. The summed E-state index contributed by atoms with van der Waals surface area (Å²) in [4.78, 5) is 0. The molecule has 0 aromatic heterocycles. The first-order valence-electron chi connectivity index (χ1n) is 7.52. The molecule has 1 N–H and O–H groups in total. The normalized spacial score (nSPS) is 11.2. The fourth-order valence-corrected chi connectivity index (χ4v) is 2.60. The lowest BCUT2D eigenvalue weighted by atomic mass is 10.0. The molecular formula is C17H29NS. The van der Waals surface area contributed by atoms with Crippen molar-refractivity contribution in [3.63, 3.8) is 0 Å². The predicted octanol–water partition coefficient (Wildman–Crippen LogP) is 4.82. The van der Waals surface area contributed by atoms with Gasteiger partial charge in [-0.3, -0.25) is 0 Å². The summed E-state index contributed by atoms with van der Waals surface area (Å²) < 4.78 is 0. The van der Waals surface area contributed by atoms with Crippen LogP contribution in [0.4, 0.5) is 0 Å². The molecule has 0 aliphatic carbocycles. The lowest BCUT2D eigenvalue weighted by Gasteiger charge is -2.08. The molecule has 0 aliphatic rings. The quantitative estimate of drug-likeness (QED) is 0.616. The highest BCUT2D eigenvalue weighted by Gasteiger charge is 1.98. The van der Waals surface area contributed by atoms with Crippen LogP contribution in [-0.4, -0.2) is 18.6 Å². The summed E-state index contributed by atoms with van der Waals surface area (Å²) in [5.41, 5.74) is 2.82. The van der Waals surface area contributed by atoms with Crippen LogP contribution in [0.3, 0.4) is 0 Å². The summed E-state index contributed by atoms with van der Waals surface area (Å²) in [6, 6.07) is 9.01. The van der Waals surface area contributed by atoms with Crippen molar-refractivity contribution in [2.45, 2.75) is 52.0 Å². The van der Waals surface area contributed by atoms with Crippen molar-refractivity contribution in [3.05, 3.63) is 35.4 Å². The zero-order chi connectivity index (χ0) is 13.9. The smallest absolute Gasteiger partial charge is 0.0205 e. The van der Waals surface area contributed by atoms with Gasteiger partial charge >= 0.3 is 0 Å². The van der Waals surface area contributed by atoms with E-state index in [9.17, 15) is 0 Å². The van der Waals surface area contributed by atoms with E-state index in [0.717, 1.165) is 13.1 Å². The van der Waals surface area contributed by atoms with Crippen molar-refractivity contribution >= 4 is 11.8 Å². The number of hydrogen-bond acceptors (Lipinski definition) is 2. The van der Waals surface area contributed by atoms with Gasteiger partial charge in [0.2, 0.25) is 0 Å². The highest BCUT2D eigenvalue weighted by atomic mass is 32.2. The van der Waals surface area contributed by atoms with E-state index < -0.39 is 0 Å². The molecule has 108 valence electrons. The first-order chi connectivity index (χ1) is 9.24. The summed E-state index contributed by atoms with van der Waals surface area (Å²) in [7, 11) is 0. The summed E-state index contributed by atoms with van der Waals surface area (Å²) in [6.07, 6.45) is 7.61. The van der Waals surface area contributed by atoms with Gasteiger partial charge in [0.05, 0.1) is 0 Å². The standard InChI is InChI=1S/C17H29NS/c1-15(2)17-10-8-16(9-11-17)14-18-12-6-4-5-7-13-19-3/h8-11,15,18H,4-7,12-14H2,1-3H3.